The van der Waals surface area contributed by atoms with E-state index in [2.05, 4.69) is 9.88 Å². The molecule has 0 N–H and O–H groups in total. The Morgan fingerprint density at radius 2 is 1.95 bits per heavy atom. The molecule has 0 saturated carbocycles. The summed E-state index contributed by atoms with van der Waals surface area (Å²) in [4.78, 5) is 19.5. The molecule has 1 aromatic carbocycles. The van der Waals surface area contributed by atoms with Crippen molar-refractivity contribution in [2.24, 2.45) is 0 Å². The average Bonchev–Trinajstić information content (AvgIpc) is 3.01. The molecule has 0 spiro atoms. The van der Waals surface area contributed by atoms with Crippen molar-refractivity contribution in [1.29, 1.82) is 0 Å². The fourth-order valence-electron chi connectivity index (χ4n) is 2.98. The number of hydrogen-bond acceptors (Lipinski definition) is 3. The Hall–Kier alpha value is -1.74. The van der Waals surface area contributed by atoms with Gasteiger partial charge >= 0.3 is 0 Å². The van der Waals surface area contributed by atoms with Crippen molar-refractivity contribution in [2.75, 3.05) is 13.1 Å². The molecule has 0 amide bonds. The number of carbonyl (C=O) groups excluding carboxylic acids is 1. The van der Waals surface area contributed by atoms with E-state index in [-0.39, 0.29) is 5.78 Å². The van der Waals surface area contributed by atoms with Gasteiger partial charge in [-0.15, -0.1) is 0 Å². The minimum atomic E-state index is -0.432. The molecule has 0 radical (unpaired) electrons. The Kier molecular flexibility index (Phi) is 3.30. The third-order valence-electron chi connectivity index (χ3n) is 4.32. The molecule has 1 aliphatic heterocycles. The molecule has 1 fully saturated rings. The van der Waals surface area contributed by atoms with Crippen molar-refractivity contribution in [3.8, 4) is 0 Å². The number of aromatic nitrogens is 1. The Morgan fingerprint density at radius 3 is 2.70 bits per heavy atom. The summed E-state index contributed by atoms with van der Waals surface area (Å²) < 4.78 is 0. The fraction of sp³-hybridized carbons (Fsp3) is 0.412. The van der Waals surface area contributed by atoms with Crippen LogP contribution in [0.5, 0.6) is 0 Å². The topological polar surface area (TPSA) is 33.2 Å². The molecule has 0 unspecified atom stereocenters. The third kappa shape index (κ3) is 2.22. The molecule has 0 atom stereocenters. The van der Waals surface area contributed by atoms with Crippen LogP contribution in [-0.2, 0) is 0 Å². The molecule has 2 heterocycles. The van der Waals surface area contributed by atoms with Crippen LogP contribution in [0.4, 0.5) is 0 Å². The maximum absolute atomic E-state index is 12.8. The number of Topliss-reactive ketones (excluding diaryl/α,β-unsaturated/α-hetero) is 1. The number of benzene rings is 1. The lowest BCUT2D eigenvalue weighted by molar-refractivity contribution is 0.0703. The molecule has 20 heavy (non-hydrogen) atoms. The standard InChI is InChI=1S/C17H20N2O/c1-17(2,19-10-3-4-11-19)16(20)14-8-7-13-6-5-9-18-15(13)12-14/h5-9,12H,3-4,10-11H2,1-2H3. The van der Waals surface area contributed by atoms with E-state index in [4.69, 9.17) is 0 Å². The van der Waals surface area contributed by atoms with E-state index in [0.717, 1.165) is 29.6 Å². The quantitative estimate of drug-likeness (QED) is 0.801. The summed E-state index contributed by atoms with van der Waals surface area (Å²) in [7, 11) is 0. The number of hydrogen-bond donors (Lipinski definition) is 0. The van der Waals surface area contributed by atoms with Gasteiger partial charge in [-0.25, -0.2) is 0 Å². The fourth-order valence-corrected chi connectivity index (χ4v) is 2.98. The molecule has 104 valence electrons. The Bertz CT molecular complexity index is 642. The highest BCUT2D eigenvalue weighted by molar-refractivity contribution is 6.04. The van der Waals surface area contributed by atoms with Crippen LogP contribution in [0, 0.1) is 0 Å². The SMILES string of the molecule is CC(C)(C(=O)c1ccc2cccnc2c1)N1CCCC1. The van der Waals surface area contributed by atoms with Crippen LogP contribution in [0.25, 0.3) is 10.9 Å². The van der Waals surface area contributed by atoms with Crippen LogP contribution in [0.3, 0.4) is 0 Å². The second-order valence-electron chi connectivity index (χ2n) is 5.99. The van der Waals surface area contributed by atoms with Gasteiger partial charge in [0.25, 0.3) is 0 Å². The number of fused-ring (bicyclic) bond motifs is 1. The lowest BCUT2D eigenvalue weighted by Gasteiger charge is -2.33. The lowest BCUT2D eigenvalue weighted by Crippen LogP contribution is -2.48. The zero-order valence-electron chi connectivity index (χ0n) is 12.1. The maximum atomic E-state index is 12.8. The van der Waals surface area contributed by atoms with Gasteiger partial charge < -0.3 is 0 Å². The molecular weight excluding hydrogens is 248 g/mol. The van der Waals surface area contributed by atoms with Gasteiger partial charge in [-0.3, -0.25) is 14.7 Å². The van der Waals surface area contributed by atoms with Crippen LogP contribution in [0.2, 0.25) is 0 Å². The van der Waals surface area contributed by atoms with Gasteiger partial charge in [0.2, 0.25) is 0 Å². The van der Waals surface area contributed by atoms with Gasteiger partial charge in [-0.2, -0.15) is 0 Å². The van der Waals surface area contributed by atoms with E-state index in [0.29, 0.717) is 0 Å². The zero-order chi connectivity index (χ0) is 14.2. The van der Waals surface area contributed by atoms with Crippen molar-refractivity contribution in [2.45, 2.75) is 32.2 Å². The van der Waals surface area contributed by atoms with E-state index in [1.54, 1.807) is 6.20 Å². The number of pyridine rings is 1. The van der Waals surface area contributed by atoms with Crippen molar-refractivity contribution >= 4 is 16.7 Å². The van der Waals surface area contributed by atoms with Crippen LogP contribution >= 0.6 is 0 Å². The zero-order valence-corrected chi connectivity index (χ0v) is 12.1. The van der Waals surface area contributed by atoms with Crippen molar-refractivity contribution < 1.29 is 4.79 Å². The number of carbonyl (C=O) groups is 1. The summed E-state index contributed by atoms with van der Waals surface area (Å²) in [5, 5.41) is 1.07. The normalized spacial score (nSPS) is 16.7. The van der Waals surface area contributed by atoms with Crippen molar-refractivity contribution in [1.82, 2.24) is 9.88 Å². The van der Waals surface area contributed by atoms with Gasteiger partial charge in [0, 0.05) is 17.1 Å². The predicted molar refractivity (Wildman–Crippen MR) is 81.0 cm³/mol. The van der Waals surface area contributed by atoms with Crippen LogP contribution in [-0.4, -0.2) is 34.3 Å². The highest BCUT2D eigenvalue weighted by Gasteiger charge is 2.36. The van der Waals surface area contributed by atoms with Crippen LogP contribution in [0.1, 0.15) is 37.0 Å². The van der Waals surface area contributed by atoms with E-state index in [9.17, 15) is 4.79 Å². The van der Waals surface area contributed by atoms with Crippen molar-refractivity contribution in [3.05, 3.63) is 42.1 Å². The molecule has 1 aromatic heterocycles. The molecule has 3 nitrogen and oxygen atoms in total. The van der Waals surface area contributed by atoms with Gasteiger partial charge in [-0.1, -0.05) is 18.2 Å². The summed E-state index contributed by atoms with van der Waals surface area (Å²) in [6.07, 6.45) is 4.15. The first-order chi connectivity index (χ1) is 9.59. The number of nitrogens with zero attached hydrogens (tertiary/aromatic N) is 2. The van der Waals surface area contributed by atoms with Crippen molar-refractivity contribution in [3.63, 3.8) is 0 Å². The third-order valence-corrected chi connectivity index (χ3v) is 4.32. The van der Waals surface area contributed by atoms with E-state index >= 15 is 0 Å². The Balaban J connectivity index is 1.95. The van der Waals surface area contributed by atoms with E-state index < -0.39 is 5.54 Å². The first kappa shape index (κ1) is 13.3. The average molecular weight is 268 g/mol. The van der Waals surface area contributed by atoms with Gasteiger partial charge in [-0.05, 0) is 51.9 Å². The second-order valence-corrected chi connectivity index (χ2v) is 5.99. The Labute approximate surface area is 119 Å². The largest absolute Gasteiger partial charge is 0.292 e. The molecular formula is C17H20N2O. The first-order valence-electron chi connectivity index (χ1n) is 7.24. The summed E-state index contributed by atoms with van der Waals surface area (Å²) in [5.41, 5.74) is 1.21. The molecule has 1 aliphatic rings. The summed E-state index contributed by atoms with van der Waals surface area (Å²) in [6.45, 7) is 6.10. The molecule has 0 bridgehead atoms. The first-order valence-corrected chi connectivity index (χ1v) is 7.24. The van der Waals surface area contributed by atoms with Gasteiger partial charge in [0.15, 0.2) is 5.78 Å². The van der Waals surface area contributed by atoms with Gasteiger partial charge in [0.05, 0.1) is 11.1 Å². The minimum Gasteiger partial charge on any atom is -0.292 e. The summed E-state index contributed by atoms with van der Waals surface area (Å²) >= 11 is 0. The monoisotopic (exact) mass is 268 g/mol. The van der Waals surface area contributed by atoms with Gasteiger partial charge in [0.1, 0.15) is 0 Å². The summed E-state index contributed by atoms with van der Waals surface area (Å²) in [5.74, 6) is 0.187. The highest BCUT2D eigenvalue weighted by atomic mass is 16.1. The highest BCUT2D eigenvalue weighted by Crippen LogP contribution is 2.26. The molecule has 3 rings (SSSR count). The van der Waals surface area contributed by atoms with E-state index in [1.165, 1.54) is 12.8 Å². The molecule has 2 aromatic rings. The smallest absolute Gasteiger partial charge is 0.182 e. The molecule has 3 heteroatoms. The summed E-state index contributed by atoms with van der Waals surface area (Å²) in [6, 6.07) is 9.75. The molecule has 1 saturated heterocycles. The maximum Gasteiger partial charge on any atom is 0.182 e. The lowest BCUT2D eigenvalue weighted by atomic mass is 9.91. The van der Waals surface area contributed by atoms with Crippen LogP contribution < -0.4 is 0 Å². The minimum absolute atomic E-state index is 0.187. The number of rotatable bonds is 3. The number of likely N-dealkylation sites (tertiary alicyclic amines) is 1. The Morgan fingerprint density at radius 1 is 1.20 bits per heavy atom. The second kappa shape index (κ2) is 4.98. The van der Waals surface area contributed by atoms with Crippen LogP contribution in [0.15, 0.2) is 36.5 Å². The van der Waals surface area contributed by atoms with E-state index in [1.807, 2.05) is 44.2 Å². The predicted octanol–water partition coefficient (Wildman–Crippen LogP) is 3.29. The number of ketones is 1. The molecule has 0 aliphatic carbocycles.